The van der Waals surface area contributed by atoms with Crippen LogP contribution < -0.4 is 10.0 Å². The normalized spacial score (nSPS) is 21.7. The fourth-order valence-corrected chi connectivity index (χ4v) is 4.16. The van der Waals surface area contributed by atoms with E-state index in [0.717, 1.165) is 0 Å². The van der Waals surface area contributed by atoms with Gasteiger partial charge in [-0.3, -0.25) is 14.6 Å². The quantitative estimate of drug-likeness (QED) is 0.642. The number of aromatic nitrogens is 1. The number of fused-ring (bicyclic) bond motifs is 3. The van der Waals surface area contributed by atoms with E-state index in [2.05, 4.69) is 15.2 Å². The summed E-state index contributed by atoms with van der Waals surface area (Å²) in [5, 5.41) is 11.8. The summed E-state index contributed by atoms with van der Waals surface area (Å²) in [6, 6.07) is 20.0. The monoisotopic (exact) mass is 379 g/mol. The summed E-state index contributed by atoms with van der Waals surface area (Å²) in [4.78, 5) is 31.6. The first-order chi connectivity index (χ1) is 14.2. The molecule has 1 spiro atoms. The van der Waals surface area contributed by atoms with Crippen LogP contribution in [0.15, 0.2) is 89.3 Å². The Labute approximate surface area is 165 Å². The van der Waals surface area contributed by atoms with Gasteiger partial charge >= 0.3 is 0 Å². The number of rotatable bonds is 2. The Bertz CT molecular complexity index is 1150. The number of anilines is 2. The molecular formula is C22H13N5O2. The highest BCUT2D eigenvalue weighted by molar-refractivity contribution is 6.57. The van der Waals surface area contributed by atoms with Crippen LogP contribution in [-0.2, 0) is 9.59 Å². The molecule has 2 amide bonds. The maximum atomic E-state index is 13.7. The summed E-state index contributed by atoms with van der Waals surface area (Å²) in [6.07, 6.45) is 3.27. The zero-order valence-corrected chi connectivity index (χ0v) is 15.1. The van der Waals surface area contributed by atoms with E-state index < -0.39 is 17.2 Å². The molecule has 0 bridgehead atoms. The van der Waals surface area contributed by atoms with E-state index in [9.17, 15) is 9.59 Å². The van der Waals surface area contributed by atoms with Crippen molar-refractivity contribution in [3.05, 3.63) is 90.3 Å². The number of hydrazone groups is 2. The molecule has 2 aromatic carbocycles. The van der Waals surface area contributed by atoms with Gasteiger partial charge in [0.05, 0.1) is 11.4 Å². The molecular weight excluding hydrogens is 366 g/mol. The smallest absolute Gasteiger partial charge is 0.270 e. The highest BCUT2D eigenvalue weighted by Gasteiger charge is 2.69. The van der Waals surface area contributed by atoms with Crippen LogP contribution in [0.2, 0.25) is 0 Å². The summed E-state index contributed by atoms with van der Waals surface area (Å²) in [5.74, 6) is -0.839. The predicted octanol–water partition coefficient (Wildman–Crippen LogP) is 2.58. The third-order valence-electron chi connectivity index (χ3n) is 5.47. The molecule has 3 heterocycles. The van der Waals surface area contributed by atoms with Crippen molar-refractivity contribution in [2.45, 2.75) is 0 Å². The van der Waals surface area contributed by atoms with Crippen LogP contribution in [-0.4, -0.2) is 28.2 Å². The lowest BCUT2D eigenvalue weighted by molar-refractivity contribution is -0.130. The molecule has 1 atom stereocenters. The predicted molar refractivity (Wildman–Crippen MR) is 108 cm³/mol. The van der Waals surface area contributed by atoms with E-state index in [0.29, 0.717) is 33.9 Å². The van der Waals surface area contributed by atoms with Crippen molar-refractivity contribution in [2.75, 3.05) is 10.0 Å². The highest BCUT2D eigenvalue weighted by atomic mass is 16.2. The number of benzene rings is 2. The Morgan fingerprint density at radius 1 is 0.655 bits per heavy atom. The second-order valence-corrected chi connectivity index (χ2v) is 6.97. The van der Waals surface area contributed by atoms with Crippen LogP contribution in [0.25, 0.3) is 0 Å². The van der Waals surface area contributed by atoms with Crippen molar-refractivity contribution in [3.8, 4) is 0 Å². The number of carbonyl (C=O) groups is 2. The molecule has 0 N–H and O–H groups in total. The first-order valence-corrected chi connectivity index (χ1v) is 9.15. The van der Waals surface area contributed by atoms with Crippen molar-refractivity contribution in [1.29, 1.82) is 0 Å². The lowest BCUT2D eigenvalue weighted by Crippen LogP contribution is -2.49. The van der Waals surface area contributed by atoms with Crippen LogP contribution in [0.1, 0.15) is 11.1 Å². The van der Waals surface area contributed by atoms with Crippen LogP contribution in [0.3, 0.4) is 0 Å². The number of hydrogen-bond acceptors (Lipinski definition) is 5. The minimum absolute atomic E-state index is 0.386. The molecule has 0 fully saturated rings. The number of amides is 2. The molecule has 138 valence electrons. The van der Waals surface area contributed by atoms with Crippen LogP contribution in [0, 0.1) is 5.41 Å². The highest BCUT2D eigenvalue weighted by Crippen LogP contribution is 2.49. The third-order valence-corrected chi connectivity index (χ3v) is 5.47. The molecule has 7 nitrogen and oxygen atoms in total. The maximum absolute atomic E-state index is 13.7. The summed E-state index contributed by atoms with van der Waals surface area (Å²) in [6.45, 7) is 0. The number of para-hydroxylation sites is 2. The van der Waals surface area contributed by atoms with Crippen LogP contribution in [0.5, 0.6) is 0 Å². The fraction of sp³-hybridized carbons (Fsp3) is 0.0455. The molecule has 0 radical (unpaired) electrons. The summed E-state index contributed by atoms with van der Waals surface area (Å²) >= 11 is 0. The van der Waals surface area contributed by atoms with Gasteiger partial charge in [-0.1, -0.05) is 36.4 Å². The molecule has 0 unspecified atom stereocenters. The van der Waals surface area contributed by atoms with E-state index in [1.54, 1.807) is 42.7 Å². The van der Waals surface area contributed by atoms with Crippen molar-refractivity contribution in [3.63, 3.8) is 0 Å². The van der Waals surface area contributed by atoms with Crippen molar-refractivity contribution < 1.29 is 9.59 Å². The molecule has 7 heteroatoms. The van der Waals surface area contributed by atoms with E-state index >= 15 is 0 Å². The van der Waals surface area contributed by atoms with Crippen molar-refractivity contribution in [1.82, 2.24) is 4.98 Å². The second-order valence-electron chi connectivity index (χ2n) is 6.97. The van der Waals surface area contributed by atoms with Gasteiger partial charge in [-0.15, -0.1) is 0 Å². The Balaban J connectivity index is 1.60. The Morgan fingerprint density at radius 2 is 1.17 bits per heavy atom. The van der Waals surface area contributed by atoms with Gasteiger partial charge in [0.2, 0.25) is 5.41 Å². The van der Waals surface area contributed by atoms with Gasteiger partial charge in [-0.25, -0.2) is 0 Å². The average Bonchev–Trinajstić information content (AvgIpc) is 3.35. The van der Waals surface area contributed by atoms with Crippen molar-refractivity contribution >= 4 is 34.6 Å². The number of pyridine rings is 1. The summed E-state index contributed by atoms with van der Waals surface area (Å²) < 4.78 is 0. The van der Waals surface area contributed by atoms with E-state index in [1.165, 1.54) is 10.0 Å². The van der Waals surface area contributed by atoms with Gasteiger partial charge in [0.15, 0.2) is 0 Å². The first-order valence-electron chi connectivity index (χ1n) is 9.15. The second kappa shape index (κ2) is 5.45. The molecule has 2 aliphatic heterocycles. The minimum Gasteiger partial charge on any atom is -0.270 e. The average molecular weight is 379 g/mol. The van der Waals surface area contributed by atoms with E-state index in [1.807, 2.05) is 36.4 Å². The van der Waals surface area contributed by atoms with Gasteiger partial charge in [-0.2, -0.15) is 20.2 Å². The van der Waals surface area contributed by atoms with Crippen LogP contribution in [0.4, 0.5) is 11.4 Å². The first kappa shape index (κ1) is 15.9. The van der Waals surface area contributed by atoms with Gasteiger partial charge in [0.1, 0.15) is 11.4 Å². The lowest BCUT2D eigenvalue weighted by Gasteiger charge is -2.21. The van der Waals surface area contributed by atoms with Gasteiger partial charge < -0.3 is 0 Å². The minimum atomic E-state index is -1.57. The molecule has 29 heavy (non-hydrogen) atoms. The molecule has 6 rings (SSSR count). The summed E-state index contributed by atoms with van der Waals surface area (Å²) in [7, 11) is 0. The van der Waals surface area contributed by atoms with Gasteiger partial charge in [-0.05, 0) is 30.3 Å². The molecule has 1 aromatic heterocycles. The van der Waals surface area contributed by atoms with Gasteiger partial charge in [0.25, 0.3) is 11.8 Å². The zero-order valence-electron chi connectivity index (χ0n) is 15.1. The Kier molecular flexibility index (Phi) is 2.98. The molecule has 0 saturated heterocycles. The third kappa shape index (κ3) is 1.84. The molecule has 0 saturated carbocycles. The fourth-order valence-electron chi connectivity index (χ4n) is 4.16. The molecule has 1 aliphatic carbocycles. The van der Waals surface area contributed by atoms with E-state index in [-0.39, 0.29) is 0 Å². The van der Waals surface area contributed by atoms with Crippen molar-refractivity contribution in [2.24, 2.45) is 15.6 Å². The molecule has 3 aliphatic rings. The van der Waals surface area contributed by atoms with Gasteiger partial charge in [0, 0.05) is 23.5 Å². The zero-order chi connectivity index (χ0) is 19.6. The standard InChI is InChI=1S/C22H13N5O2/c28-20-22-18(24-26(20)14-7-3-1-4-8-14)16-11-12-23-13-17(16)19(22)25-27(21(22)29)15-9-5-2-6-10-15/h1-13H/t22-/m0/s1. The Hall–Kier alpha value is -4.13. The lowest BCUT2D eigenvalue weighted by atomic mass is 9.81. The largest absolute Gasteiger partial charge is 0.275 e. The summed E-state index contributed by atoms with van der Waals surface area (Å²) in [5.41, 5.74) is 1.81. The number of nitrogens with zero attached hydrogens (tertiary/aromatic N) is 5. The Morgan fingerprint density at radius 3 is 1.72 bits per heavy atom. The van der Waals surface area contributed by atoms with E-state index in [4.69, 9.17) is 0 Å². The SMILES string of the molecule is O=C1N(c2ccccc2)N=C2c3ccncc3C3=NN(c4ccccc4)C(=O)[C@@]123. The maximum Gasteiger partial charge on any atom is 0.275 e. The number of carbonyl (C=O) groups excluding carboxylic acids is 2. The molecule has 3 aromatic rings. The van der Waals surface area contributed by atoms with Crippen LogP contribution >= 0.6 is 0 Å². The topological polar surface area (TPSA) is 78.2 Å². The number of hydrogen-bond donors (Lipinski definition) is 0.